The van der Waals surface area contributed by atoms with Crippen LogP contribution in [0.2, 0.25) is 0 Å². The standard InChI is InChI=1S/C48H40BrSi4/c49-51(43-29-13-3-14-30-43,44-31-15-4-16-32-44)53(47-37-21-7-22-38-47,48-39-23-8-24-40-48)52(45-33-17-5-18-34-45,46-35-19-6-20-36-46)50(41-25-9-1-10-26-41)42-27-11-2-12-28-42/h1-40H. The Morgan fingerprint density at radius 3 is 0.774 bits per heavy atom. The smallest absolute Gasteiger partial charge is 0.117 e. The van der Waals surface area contributed by atoms with Gasteiger partial charge in [0.15, 0.2) is 6.21 Å². The summed E-state index contributed by atoms with van der Waals surface area (Å²) in [4.78, 5) is 0. The molecule has 53 heavy (non-hydrogen) atoms. The van der Waals surface area contributed by atoms with E-state index in [0.717, 1.165) is 0 Å². The summed E-state index contributed by atoms with van der Waals surface area (Å²) in [6, 6.07) is 93.4. The summed E-state index contributed by atoms with van der Waals surface area (Å²) in [5.41, 5.74) is 0. The predicted octanol–water partition coefficient (Wildman–Crippen LogP) is 6.21. The first-order chi connectivity index (χ1) is 26.2. The molecular weight excluding hydrogens is 769 g/mol. The minimum absolute atomic E-state index is 1.41. The minimum Gasteiger partial charge on any atom is -0.117 e. The first kappa shape index (κ1) is 35.2. The third kappa shape index (κ3) is 5.93. The first-order valence-electron chi connectivity index (χ1n) is 18.2. The zero-order valence-electron chi connectivity index (χ0n) is 29.5. The van der Waals surface area contributed by atoms with Crippen LogP contribution >= 0.6 is 15.3 Å². The summed E-state index contributed by atoms with van der Waals surface area (Å²) in [6.45, 7) is 0. The van der Waals surface area contributed by atoms with Crippen molar-refractivity contribution in [3.05, 3.63) is 243 Å². The minimum atomic E-state index is -3.23. The molecule has 0 amide bonds. The van der Waals surface area contributed by atoms with Crippen LogP contribution in [0, 0.1) is 0 Å². The van der Waals surface area contributed by atoms with Gasteiger partial charge >= 0.3 is 0 Å². The third-order valence-corrected chi connectivity index (χ3v) is 67.7. The van der Waals surface area contributed by atoms with E-state index >= 15 is 0 Å². The van der Waals surface area contributed by atoms with Crippen LogP contribution in [0.25, 0.3) is 0 Å². The van der Waals surface area contributed by atoms with E-state index in [1.54, 1.807) is 0 Å². The summed E-state index contributed by atoms with van der Waals surface area (Å²) in [5.74, 6) is 0. The second-order valence-corrected chi connectivity index (χ2v) is 44.7. The molecule has 0 saturated carbocycles. The molecule has 0 N–H and O–H groups in total. The topological polar surface area (TPSA) is 0 Å². The van der Waals surface area contributed by atoms with E-state index in [9.17, 15) is 0 Å². The van der Waals surface area contributed by atoms with E-state index < -0.39 is 28.7 Å². The lowest BCUT2D eigenvalue weighted by Crippen LogP contribution is -3.02. The molecular formula is C48H40BrSi4. The van der Waals surface area contributed by atoms with Gasteiger partial charge in [-0.25, -0.2) is 0 Å². The number of halogens is 1. The van der Waals surface area contributed by atoms with Crippen LogP contribution in [0.1, 0.15) is 0 Å². The van der Waals surface area contributed by atoms with Gasteiger partial charge in [-0.1, -0.05) is 274 Å². The molecule has 0 bridgehead atoms. The van der Waals surface area contributed by atoms with Gasteiger partial charge < -0.3 is 0 Å². The summed E-state index contributed by atoms with van der Waals surface area (Å²) in [5, 5.41) is 11.7. The molecule has 0 unspecified atom stereocenters. The molecule has 0 saturated heterocycles. The van der Waals surface area contributed by atoms with E-state index in [-0.39, 0.29) is 0 Å². The van der Waals surface area contributed by atoms with Gasteiger partial charge in [0.05, 0.1) is 0 Å². The highest BCUT2D eigenvalue weighted by molar-refractivity contribution is 9.29. The molecule has 0 aliphatic heterocycles. The molecule has 0 aliphatic carbocycles. The predicted molar refractivity (Wildman–Crippen MR) is 241 cm³/mol. The Morgan fingerprint density at radius 2 is 0.491 bits per heavy atom. The molecule has 0 nitrogen and oxygen atoms in total. The molecule has 0 fully saturated rings. The van der Waals surface area contributed by atoms with Gasteiger partial charge in [0.2, 0.25) is 0 Å². The van der Waals surface area contributed by atoms with Crippen LogP contribution in [0.3, 0.4) is 0 Å². The number of benzene rings is 8. The monoisotopic (exact) mass is 807 g/mol. The van der Waals surface area contributed by atoms with Crippen LogP contribution in [0.5, 0.6) is 0 Å². The fraction of sp³-hybridized carbons (Fsp3) is 0. The van der Waals surface area contributed by atoms with Gasteiger partial charge in [-0.05, 0) is 10.4 Å². The van der Waals surface area contributed by atoms with Crippen LogP contribution in [0.15, 0.2) is 243 Å². The number of hydrogen-bond donors (Lipinski definition) is 0. The molecule has 0 aliphatic rings. The van der Waals surface area contributed by atoms with Crippen molar-refractivity contribution in [1.82, 2.24) is 0 Å². The lowest BCUT2D eigenvalue weighted by atomic mass is 10.4. The van der Waals surface area contributed by atoms with Crippen molar-refractivity contribution in [3.63, 3.8) is 0 Å². The highest BCUT2D eigenvalue weighted by Gasteiger charge is 2.73. The summed E-state index contributed by atoms with van der Waals surface area (Å²) < 4.78 is 0. The van der Waals surface area contributed by atoms with Gasteiger partial charge in [0, 0.05) is 0 Å². The van der Waals surface area contributed by atoms with E-state index in [0.29, 0.717) is 0 Å². The molecule has 5 heteroatoms. The maximum absolute atomic E-state index is 5.09. The van der Waals surface area contributed by atoms with E-state index in [1.807, 2.05) is 0 Å². The van der Waals surface area contributed by atoms with Crippen molar-refractivity contribution >= 4 is 85.5 Å². The lowest BCUT2D eigenvalue weighted by Gasteiger charge is -2.59. The van der Waals surface area contributed by atoms with Crippen molar-refractivity contribution in [2.24, 2.45) is 0 Å². The Hall–Kier alpha value is -4.89. The third-order valence-electron chi connectivity index (χ3n) is 10.7. The molecule has 0 spiro atoms. The quantitative estimate of drug-likeness (QED) is 0.108. The maximum Gasteiger partial charge on any atom is 0.189 e. The molecule has 1 radical (unpaired) electrons. The first-order valence-corrected chi connectivity index (χ1v) is 31.0. The lowest BCUT2D eigenvalue weighted by molar-refractivity contribution is 1.69. The molecule has 8 aromatic carbocycles. The average Bonchev–Trinajstić information content (AvgIpc) is 3.26. The largest absolute Gasteiger partial charge is 0.189 e. The van der Waals surface area contributed by atoms with Crippen molar-refractivity contribution in [2.75, 3.05) is 0 Å². The number of rotatable bonds is 11. The molecule has 0 aromatic heterocycles. The van der Waals surface area contributed by atoms with Crippen LogP contribution in [-0.2, 0) is 0 Å². The summed E-state index contributed by atoms with van der Waals surface area (Å²) in [7, 11) is -8.04. The van der Waals surface area contributed by atoms with Crippen LogP contribution < -0.4 is 41.5 Å². The van der Waals surface area contributed by atoms with Crippen LogP contribution in [-0.4, -0.2) is 28.7 Å². The van der Waals surface area contributed by atoms with E-state index in [4.69, 9.17) is 15.3 Å². The number of hydrogen-bond acceptors (Lipinski definition) is 0. The van der Waals surface area contributed by atoms with Gasteiger partial charge in [-0.15, -0.1) is 15.3 Å². The van der Waals surface area contributed by atoms with Crippen molar-refractivity contribution in [1.29, 1.82) is 0 Å². The van der Waals surface area contributed by atoms with Crippen molar-refractivity contribution < 1.29 is 0 Å². The second-order valence-electron chi connectivity index (χ2n) is 13.5. The van der Waals surface area contributed by atoms with Gasteiger partial charge in [-0.2, -0.15) is 0 Å². The van der Waals surface area contributed by atoms with Crippen molar-refractivity contribution in [2.45, 2.75) is 0 Å². The Kier molecular flexibility index (Phi) is 10.4. The maximum atomic E-state index is 5.09. The van der Waals surface area contributed by atoms with Crippen molar-refractivity contribution in [3.8, 4) is 0 Å². The van der Waals surface area contributed by atoms with Gasteiger partial charge in [-0.3, -0.25) is 0 Å². The Balaban J connectivity index is 1.74. The SMILES string of the molecule is Br[Si](c1ccccc1)(c1ccccc1)[Si](c1ccccc1)(c1ccccc1)[Si](c1ccccc1)(c1ccccc1)[Si](c1ccccc1)c1ccccc1. The second kappa shape index (κ2) is 15.6. The fourth-order valence-corrected chi connectivity index (χ4v) is 89.7. The Morgan fingerprint density at radius 1 is 0.264 bits per heavy atom. The molecule has 8 rings (SSSR count). The molecule has 0 atom stereocenters. The zero-order chi connectivity index (χ0) is 36.0. The highest BCUT2D eigenvalue weighted by Crippen LogP contribution is 2.35. The molecule has 0 heterocycles. The summed E-state index contributed by atoms with van der Waals surface area (Å²) >= 11 is 5.09. The van der Waals surface area contributed by atoms with Gasteiger partial charge in [0.1, 0.15) is 22.5 Å². The van der Waals surface area contributed by atoms with E-state index in [2.05, 4.69) is 243 Å². The molecule has 8 aromatic rings. The normalized spacial score (nSPS) is 12.0. The van der Waals surface area contributed by atoms with E-state index in [1.165, 1.54) is 41.5 Å². The molecule has 255 valence electrons. The van der Waals surface area contributed by atoms with Gasteiger partial charge in [0.25, 0.3) is 0 Å². The Labute approximate surface area is 326 Å². The zero-order valence-corrected chi connectivity index (χ0v) is 35.1. The van der Waals surface area contributed by atoms with Crippen LogP contribution in [0.4, 0.5) is 0 Å². The Bertz CT molecular complexity index is 2170. The average molecular weight is 809 g/mol. The fourth-order valence-electron chi connectivity index (χ4n) is 8.83. The highest BCUT2D eigenvalue weighted by atomic mass is 79.9. The summed E-state index contributed by atoms with van der Waals surface area (Å²) in [6.07, 6.45) is -3.05.